The van der Waals surface area contributed by atoms with E-state index in [1.807, 2.05) is 20.8 Å². The number of carbonyl (C=O) groups excluding carboxylic acids is 2. The molecule has 166 valence electrons. The molecule has 0 bridgehead atoms. The third-order valence-electron chi connectivity index (χ3n) is 4.62. The normalized spacial score (nSPS) is 14.2. The fourth-order valence-electron chi connectivity index (χ4n) is 3.03. The second-order valence-electron chi connectivity index (χ2n) is 8.33. The van der Waals surface area contributed by atoms with E-state index in [2.05, 4.69) is 5.32 Å². The van der Waals surface area contributed by atoms with Gasteiger partial charge < -0.3 is 24.6 Å². The Morgan fingerprint density at radius 1 is 1.00 bits per heavy atom. The number of rotatable bonds is 4. The second-order valence-corrected chi connectivity index (χ2v) is 8.33. The molecule has 31 heavy (non-hydrogen) atoms. The number of nitrogens with one attached hydrogen (secondary N) is 1. The molecule has 0 aromatic heterocycles. The van der Waals surface area contributed by atoms with Crippen molar-refractivity contribution in [2.75, 3.05) is 31.5 Å². The van der Waals surface area contributed by atoms with Gasteiger partial charge in [0.1, 0.15) is 23.8 Å². The maximum absolute atomic E-state index is 13.0. The van der Waals surface area contributed by atoms with E-state index in [4.69, 9.17) is 9.47 Å². The van der Waals surface area contributed by atoms with Crippen LogP contribution in [0.15, 0.2) is 48.5 Å². The zero-order valence-corrected chi connectivity index (χ0v) is 18.1. The van der Waals surface area contributed by atoms with Gasteiger partial charge in [-0.3, -0.25) is 0 Å². The van der Waals surface area contributed by atoms with Crippen molar-refractivity contribution in [1.29, 1.82) is 0 Å². The highest BCUT2D eigenvalue weighted by atomic mass is 19.1. The van der Waals surface area contributed by atoms with Crippen LogP contribution in [0.25, 0.3) is 0 Å². The lowest BCUT2D eigenvalue weighted by molar-refractivity contribution is 0.0174. The Bertz CT molecular complexity index is 904. The van der Waals surface area contributed by atoms with Gasteiger partial charge in [-0.05, 0) is 50.6 Å². The van der Waals surface area contributed by atoms with Crippen molar-refractivity contribution in [3.8, 4) is 5.75 Å². The van der Waals surface area contributed by atoms with Crippen molar-refractivity contribution in [3.05, 3.63) is 59.9 Å². The van der Waals surface area contributed by atoms with E-state index in [9.17, 15) is 14.0 Å². The first-order valence-corrected chi connectivity index (χ1v) is 10.2. The van der Waals surface area contributed by atoms with E-state index >= 15 is 0 Å². The van der Waals surface area contributed by atoms with Gasteiger partial charge in [0.2, 0.25) is 0 Å². The molecule has 1 N–H and O–H groups in total. The Kier molecular flexibility index (Phi) is 6.99. The van der Waals surface area contributed by atoms with Gasteiger partial charge in [0, 0.05) is 37.9 Å². The summed E-state index contributed by atoms with van der Waals surface area (Å²) in [5.74, 6) is 0.303. The van der Waals surface area contributed by atoms with Crippen LogP contribution >= 0.6 is 0 Å². The van der Waals surface area contributed by atoms with Crippen LogP contribution in [0.4, 0.5) is 19.7 Å². The van der Waals surface area contributed by atoms with Crippen molar-refractivity contribution < 1.29 is 23.5 Å². The molecular formula is C23H28FN3O4. The van der Waals surface area contributed by atoms with E-state index in [1.165, 1.54) is 12.1 Å². The first-order valence-electron chi connectivity index (χ1n) is 10.2. The lowest BCUT2D eigenvalue weighted by atomic mass is 10.2. The van der Waals surface area contributed by atoms with Gasteiger partial charge in [-0.1, -0.05) is 18.2 Å². The minimum Gasteiger partial charge on any atom is -0.489 e. The fourth-order valence-corrected chi connectivity index (χ4v) is 3.03. The number of anilines is 1. The predicted octanol–water partition coefficient (Wildman–Crippen LogP) is 4.49. The summed E-state index contributed by atoms with van der Waals surface area (Å²) in [7, 11) is 0. The molecule has 0 spiro atoms. The summed E-state index contributed by atoms with van der Waals surface area (Å²) in [4.78, 5) is 28.0. The monoisotopic (exact) mass is 429 g/mol. The quantitative estimate of drug-likeness (QED) is 0.777. The molecule has 2 aromatic carbocycles. The number of nitrogens with zero attached hydrogens (tertiary/aromatic N) is 2. The molecule has 8 heteroatoms. The van der Waals surface area contributed by atoms with Crippen LogP contribution in [-0.4, -0.2) is 53.7 Å². The maximum Gasteiger partial charge on any atom is 0.410 e. The van der Waals surface area contributed by atoms with Crippen LogP contribution in [0.1, 0.15) is 26.3 Å². The van der Waals surface area contributed by atoms with Gasteiger partial charge >= 0.3 is 12.1 Å². The van der Waals surface area contributed by atoms with E-state index in [0.29, 0.717) is 44.2 Å². The average Bonchev–Trinajstić information content (AvgIpc) is 2.72. The maximum atomic E-state index is 13.0. The van der Waals surface area contributed by atoms with Gasteiger partial charge in [-0.15, -0.1) is 0 Å². The topological polar surface area (TPSA) is 71.1 Å². The number of hydrogen-bond donors (Lipinski definition) is 1. The van der Waals surface area contributed by atoms with Crippen molar-refractivity contribution in [2.24, 2.45) is 0 Å². The van der Waals surface area contributed by atoms with Crippen LogP contribution in [0.3, 0.4) is 0 Å². The summed E-state index contributed by atoms with van der Waals surface area (Å²) in [5, 5.41) is 2.86. The first kappa shape index (κ1) is 22.4. The van der Waals surface area contributed by atoms with Crippen LogP contribution in [0, 0.1) is 5.82 Å². The Labute approximate surface area is 181 Å². The van der Waals surface area contributed by atoms with Crippen LogP contribution < -0.4 is 10.1 Å². The molecule has 1 heterocycles. The molecule has 1 saturated heterocycles. The number of hydrogen-bond acceptors (Lipinski definition) is 4. The van der Waals surface area contributed by atoms with Gasteiger partial charge in [0.15, 0.2) is 0 Å². The van der Waals surface area contributed by atoms with Crippen molar-refractivity contribution in [1.82, 2.24) is 9.80 Å². The summed E-state index contributed by atoms with van der Waals surface area (Å²) < 4.78 is 24.1. The summed E-state index contributed by atoms with van der Waals surface area (Å²) >= 11 is 0. The van der Waals surface area contributed by atoms with Crippen molar-refractivity contribution >= 4 is 17.8 Å². The van der Waals surface area contributed by atoms with Crippen LogP contribution in [0.2, 0.25) is 0 Å². The van der Waals surface area contributed by atoms with Gasteiger partial charge in [-0.2, -0.15) is 0 Å². The fraction of sp³-hybridized carbons (Fsp3) is 0.391. The summed E-state index contributed by atoms with van der Waals surface area (Å²) in [6.45, 7) is 7.46. The number of piperazine rings is 1. The summed E-state index contributed by atoms with van der Waals surface area (Å²) in [6, 6.07) is 13.0. The first-order chi connectivity index (χ1) is 14.7. The number of urea groups is 1. The summed E-state index contributed by atoms with van der Waals surface area (Å²) in [6.07, 6.45) is -0.362. The zero-order valence-electron chi connectivity index (χ0n) is 18.1. The third kappa shape index (κ3) is 6.87. The predicted molar refractivity (Wildman–Crippen MR) is 116 cm³/mol. The molecule has 3 amide bonds. The minimum absolute atomic E-state index is 0.237. The Morgan fingerprint density at radius 2 is 1.65 bits per heavy atom. The van der Waals surface area contributed by atoms with Gasteiger partial charge in [0.05, 0.1) is 0 Å². The molecule has 0 radical (unpaired) electrons. The minimum atomic E-state index is -0.546. The smallest absolute Gasteiger partial charge is 0.410 e. The molecule has 7 nitrogen and oxygen atoms in total. The lowest BCUT2D eigenvalue weighted by Crippen LogP contribution is -2.52. The van der Waals surface area contributed by atoms with Crippen LogP contribution in [-0.2, 0) is 11.3 Å². The molecule has 2 aromatic rings. The SMILES string of the molecule is CC(C)(C)OC(=O)N1CCN(C(=O)Nc2cccc(OCc3ccc(F)cc3)c2)CC1. The molecule has 0 unspecified atom stereocenters. The van der Waals surface area contributed by atoms with Gasteiger partial charge in [-0.25, -0.2) is 14.0 Å². The van der Waals surface area contributed by atoms with E-state index < -0.39 is 5.60 Å². The van der Waals surface area contributed by atoms with Crippen LogP contribution in [0.5, 0.6) is 5.75 Å². The van der Waals surface area contributed by atoms with Gasteiger partial charge in [0.25, 0.3) is 0 Å². The standard InChI is InChI=1S/C23H28FN3O4/c1-23(2,3)31-22(29)27-13-11-26(12-14-27)21(28)25-19-5-4-6-20(15-19)30-16-17-7-9-18(24)10-8-17/h4-10,15H,11-14,16H2,1-3H3,(H,25,28). The summed E-state index contributed by atoms with van der Waals surface area (Å²) in [5.41, 5.74) is 0.907. The van der Waals surface area contributed by atoms with Crippen molar-refractivity contribution in [3.63, 3.8) is 0 Å². The van der Waals surface area contributed by atoms with E-state index in [0.717, 1.165) is 5.56 Å². The van der Waals surface area contributed by atoms with E-state index in [1.54, 1.807) is 46.2 Å². The third-order valence-corrected chi connectivity index (χ3v) is 4.62. The molecule has 3 rings (SSSR count). The second kappa shape index (κ2) is 9.68. The highest BCUT2D eigenvalue weighted by Crippen LogP contribution is 2.20. The Hall–Kier alpha value is -3.29. The number of ether oxygens (including phenoxy) is 2. The zero-order chi connectivity index (χ0) is 22.4. The average molecular weight is 429 g/mol. The number of amides is 3. The number of benzene rings is 2. The lowest BCUT2D eigenvalue weighted by Gasteiger charge is -2.35. The highest BCUT2D eigenvalue weighted by Gasteiger charge is 2.27. The van der Waals surface area contributed by atoms with Crippen molar-refractivity contribution in [2.45, 2.75) is 33.0 Å². The molecule has 1 aliphatic rings. The Balaban J connectivity index is 1.49. The number of carbonyl (C=O) groups is 2. The molecular weight excluding hydrogens is 401 g/mol. The number of halogens is 1. The molecule has 0 saturated carbocycles. The molecule has 1 fully saturated rings. The molecule has 0 aliphatic carbocycles. The molecule has 1 aliphatic heterocycles. The highest BCUT2D eigenvalue weighted by molar-refractivity contribution is 5.89. The largest absolute Gasteiger partial charge is 0.489 e. The Morgan fingerprint density at radius 3 is 2.29 bits per heavy atom. The molecule has 0 atom stereocenters. The van der Waals surface area contributed by atoms with E-state index in [-0.39, 0.29) is 17.9 Å².